The molecule has 1 aliphatic carbocycles. The highest BCUT2D eigenvalue weighted by molar-refractivity contribution is 5.98. The van der Waals surface area contributed by atoms with Gasteiger partial charge in [0.1, 0.15) is 11.9 Å². The molecule has 96 valence electrons. The molecular weight excluding hydrogens is 228 g/mol. The third-order valence-corrected chi connectivity index (χ3v) is 3.68. The Kier molecular flexibility index (Phi) is 2.96. The molecule has 1 aromatic rings. The van der Waals surface area contributed by atoms with E-state index in [1.165, 1.54) is 0 Å². The number of fused-ring (bicyclic) bond motifs is 1. The molecule has 1 saturated carbocycles. The molecule has 3 atom stereocenters. The monoisotopic (exact) mass is 246 g/mol. The van der Waals surface area contributed by atoms with Gasteiger partial charge < -0.3 is 15.2 Å². The van der Waals surface area contributed by atoms with Crippen LogP contribution in [0.5, 0.6) is 5.75 Å². The van der Waals surface area contributed by atoms with Gasteiger partial charge in [-0.25, -0.2) is 4.99 Å². The van der Waals surface area contributed by atoms with Gasteiger partial charge >= 0.3 is 0 Å². The number of hydrogen-bond acceptors (Lipinski definition) is 4. The van der Waals surface area contributed by atoms with E-state index in [0.29, 0.717) is 5.90 Å². The summed E-state index contributed by atoms with van der Waals surface area (Å²) in [6.45, 7) is 0. The van der Waals surface area contributed by atoms with E-state index < -0.39 is 0 Å². The Bertz CT molecular complexity index is 473. The first-order chi connectivity index (χ1) is 8.78. The van der Waals surface area contributed by atoms with Crippen LogP contribution in [0.2, 0.25) is 0 Å². The topological polar surface area (TPSA) is 56.8 Å². The van der Waals surface area contributed by atoms with Crippen LogP contribution in [-0.2, 0) is 4.74 Å². The van der Waals surface area contributed by atoms with Crippen molar-refractivity contribution in [3.05, 3.63) is 29.8 Å². The lowest BCUT2D eigenvalue weighted by molar-refractivity contribution is 0.142. The van der Waals surface area contributed by atoms with E-state index in [1.54, 1.807) is 7.11 Å². The molecule has 1 aromatic carbocycles. The molecule has 2 aliphatic rings. The number of benzene rings is 1. The smallest absolute Gasteiger partial charge is 0.220 e. The van der Waals surface area contributed by atoms with Crippen molar-refractivity contribution in [2.75, 3.05) is 7.11 Å². The normalized spacial score (nSPS) is 30.3. The highest BCUT2D eigenvalue weighted by Gasteiger charge is 2.36. The van der Waals surface area contributed by atoms with Crippen molar-refractivity contribution >= 4 is 5.90 Å². The van der Waals surface area contributed by atoms with Gasteiger partial charge in [0.2, 0.25) is 5.90 Å². The van der Waals surface area contributed by atoms with Gasteiger partial charge in [-0.2, -0.15) is 0 Å². The summed E-state index contributed by atoms with van der Waals surface area (Å²) >= 11 is 0. The number of para-hydroxylation sites is 1. The van der Waals surface area contributed by atoms with Crippen molar-refractivity contribution in [1.29, 1.82) is 0 Å². The van der Waals surface area contributed by atoms with Crippen LogP contribution in [-0.4, -0.2) is 31.2 Å². The zero-order chi connectivity index (χ0) is 12.5. The van der Waals surface area contributed by atoms with Crippen molar-refractivity contribution in [2.24, 2.45) is 10.7 Å². The number of ether oxygens (including phenoxy) is 2. The second-order valence-corrected chi connectivity index (χ2v) is 4.93. The molecule has 3 rings (SSSR count). The first-order valence-corrected chi connectivity index (χ1v) is 6.41. The zero-order valence-corrected chi connectivity index (χ0v) is 10.5. The largest absolute Gasteiger partial charge is 0.496 e. The van der Waals surface area contributed by atoms with Gasteiger partial charge in [0.25, 0.3) is 0 Å². The van der Waals surface area contributed by atoms with Crippen LogP contribution in [0.1, 0.15) is 24.8 Å². The number of rotatable bonds is 2. The van der Waals surface area contributed by atoms with Crippen LogP contribution in [0, 0.1) is 0 Å². The highest BCUT2D eigenvalue weighted by Crippen LogP contribution is 2.31. The molecule has 1 heterocycles. The second kappa shape index (κ2) is 4.61. The van der Waals surface area contributed by atoms with E-state index in [2.05, 4.69) is 4.99 Å². The summed E-state index contributed by atoms with van der Waals surface area (Å²) in [6.07, 6.45) is 3.10. The Labute approximate surface area is 107 Å². The number of nitrogens with two attached hydrogens (primary N) is 1. The average Bonchev–Trinajstić information content (AvgIpc) is 2.81. The summed E-state index contributed by atoms with van der Waals surface area (Å²) in [5.41, 5.74) is 6.91. The van der Waals surface area contributed by atoms with Gasteiger partial charge in [-0.3, -0.25) is 0 Å². The van der Waals surface area contributed by atoms with Crippen LogP contribution in [0.25, 0.3) is 0 Å². The standard InChI is InChI=1S/C14H18N2O2/c1-17-12-5-3-2-4-10(12)14-16-11-7-6-9(15)8-13(11)18-14/h2-5,9,11,13H,6-8,15H2,1H3. The van der Waals surface area contributed by atoms with Crippen molar-refractivity contribution < 1.29 is 9.47 Å². The zero-order valence-electron chi connectivity index (χ0n) is 10.5. The number of nitrogens with zero attached hydrogens (tertiary/aromatic N) is 1. The number of aliphatic imine (C=N–C) groups is 1. The Morgan fingerprint density at radius 1 is 1.33 bits per heavy atom. The molecule has 0 saturated heterocycles. The maximum atomic E-state index is 5.98. The summed E-state index contributed by atoms with van der Waals surface area (Å²) in [7, 11) is 1.66. The van der Waals surface area contributed by atoms with Crippen molar-refractivity contribution in [2.45, 2.75) is 37.5 Å². The molecule has 4 heteroatoms. The second-order valence-electron chi connectivity index (χ2n) is 4.93. The molecule has 0 amide bonds. The third-order valence-electron chi connectivity index (χ3n) is 3.68. The summed E-state index contributed by atoms with van der Waals surface area (Å²) in [6, 6.07) is 8.34. The van der Waals surface area contributed by atoms with Crippen LogP contribution < -0.4 is 10.5 Å². The SMILES string of the molecule is COc1ccccc1C1=NC2CCC(N)CC2O1. The predicted molar refractivity (Wildman–Crippen MR) is 70.0 cm³/mol. The van der Waals surface area contributed by atoms with Crippen LogP contribution in [0.3, 0.4) is 0 Å². The number of methoxy groups -OCH3 is 1. The molecule has 0 radical (unpaired) electrons. The maximum Gasteiger partial charge on any atom is 0.220 e. The minimum atomic E-state index is 0.147. The molecule has 0 bridgehead atoms. The van der Waals surface area contributed by atoms with E-state index in [0.717, 1.165) is 30.6 Å². The van der Waals surface area contributed by atoms with Gasteiger partial charge in [-0.15, -0.1) is 0 Å². The van der Waals surface area contributed by atoms with Crippen LogP contribution in [0.4, 0.5) is 0 Å². The lowest BCUT2D eigenvalue weighted by atomic mass is 9.90. The summed E-state index contributed by atoms with van der Waals surface area (Å²) in [5.74, 6) is 1.51. The molecule has 3 unspecified atom stereocenters. The summed E-state index contributed by atoms with van der Waals surface area (Å²) in [4.78, 5) is 4.68. The van der Waals surface area contributed by atoms with E-state index >= 15 is 0 Å². The first-order valence-electron chi connectivity index (χ1n) is 6.41. The van der Waals surface area contributed by atoms with Gasteiger partial charge in [-0.1, -0.05) is 12.1 Å². The lowest BCUT2D eigenvalue weighted by Crippen LogP contribution is -2.37. The van der Waals surface area contributed by atoms with E-state index in [4.69, 9.17) is 15.2 Å². The maximum absolute atomic E-state index is 5.98. The fourth-order valence-corrected chi connectivity index (χ4v) is 2.70. The van der Waals surface area contributed by atoms with Gasteiger partial charge in [0.05, 0.1) is 18.7 Å². The first kappa shape index (κ1) is 11.5. The summed E-state index contributed by atoms with van der Waals surface area (Å²) < 4.78 is 11.3. The lowest BCUT2D eigenvalue weighted by Gasteiger charge is -2.26. The third kappa shape index (κ3) is 1.97. The Morgan fingerprint density at radius 3 is 3.00 bits per heavy atom. The minimum absolute atomic E-state index is 0.147. The fraction of sp³-hybridized carbons (Fsp3) is 0.500. The molecule has 2 N–H and O–H groups in total. The highest BCUT2D eigenvalue weighted by atomic mass is 16.5. The Balaban J connectivity index is 1.86. The van der Waals surface area contributed by atoms with E-state index in [1.807, 2.05) is 24.3 Å². The molecule has 1 aliphatic heterocycles. The Morgan fingerprint density at radius 2 is 2.17 bits per heavy atom. The molecular formula is C14H18N2O2. The molecule has 0 aromatic heterocycles. The van der Waals surface area contributed by atoms with Crippen LogP contribution >= 0.6 is 0 Å². The molecule has 0 spiro atoms. The molecule has 4 nitrogen and oxygen atoms in total. The van der Waals surface area contributed by atoms with E-state index in [9.17, 15) is 0 Å². The van der Waals surface area contributed by atoms with Crippen LogP contribution in [0.15, 0.2) is 29.3 Å². The average molecular weight is 246 g/mol. The fourth-order valence-electron chi connectivity index (χ4n) is 2.70. The Hall–Kier alpha value is -1.55. The van der Waals surface area contributed by atoms with Crippen molar-refractivity contribution in [1.82, 2.24) is 0 Å². The number of hydrogen-bond donors (Lipinski definition) is 1. The van der Waals surface area contributed by atoms with Gasteiger partial charge in [-0.05, 0) is 25.0 Å². The van der Waals surface area contributed by atoms with Crippen molar-refractivity contribution in [3.63, 3.8) is 0 Å². The van der Waals surface area contributed by atoms with Crippen molar-refractivity contribution in [3.8, 4) is 5.75 Å². The summed E-state index contributed by atoms with van der Waals surface area (Å²) in [5, 5.41) is 0. The van der Waals surface area contributed by atoms with Gasteiger partial charge in [0.15, 0.2) is 0 Å². The predicted octanol–water partition coefficient (Wildman–Crippen LogP) is 1.72. The molecule has 18 heavy (non-hydrogen) atoms. The molecule has 1 fully saturated rings. The van der Waals surface area contributed by atoms with Gasteiger partial charge in [0, 0.05) is 12.5 Å². The quantitative estimate of drug-likeness (QED) is 0.864. The minimum Gasteiger partial charge on any atom is -0.496 e. The van der Waals surface area contributed by atoms with E-state index in [-0.39, 0.29) is 18.2 Å².